The second-order valence-electron chi connectivity index (χ2n) is 5.17. The Bertz CT molecular complexity index is 484. The summed E-state index contributed by atoms with van der Waals surface area (Å²) in [5.74, 6) is -0.939. The number of hydrogen-bond donors (Lipinski definition) is 2. The average Bonchev–Trinajstić information content (AvgIpc) is 2.47. The van der Waals surface area contributed by atoms with Gasteiger partial charge in [0.15, 0.2) is 0 Å². The van der Waals surface area contributed by atoms with E-state index in [1.54, 1.807) is 6.08 Å². The van der Waals surface area contributed by atoms with Gasteiger partial charge in [-0.3, -0.25) is 4.90 Å². The van der Waals surface area contributed by atoms with Crippen LogP contribution in [0.2, 0.25) is 0 Å². The van der Waals surface area contributed by atoms with E-state index in [-0.39, 0.29) is 12.6 Å². The lowest BCUT2D eigenvalue weighted by atomic mass is 10.00. The maximum atomic E-state index is 10.6. The molecular weight excluding hydrogens is 254 g/mol. The van der Waals surface area contributed by atoms with Gasteiger partial charge in [-0.25, -0.2) is 4.79 Å². The number of carboxylic acids is 1. The quantitative estimate of drug-likeness (QED) is 0.808. The van der Waals surface area contributed by atoms with E-state index < -0.39 is 5.97 Å². The molecule has 4 nitrogen and oxygen atoms in total. The van der Waals surface area contributed by atoms with Crippen molar-refractivity contribution >= 4 is 12.0 Å². The molecule has 1 fully saturated rings. The molecule has 108 valence electrons. The molecule has 1 unspecified atom stereocenters. The molecule has 0 radical (unpaired) electrons. The van der Waals surface area contributed by atoms with Crippen LogP contribution in [0.5, 0.6) is 0 Å². The van der Waals surface area contributed by atoms with E-state index in [4.69, 9.17) is 5.11 Å². The van der Waals surface area contributed by atoms with Gasteiger partial charge < -0.3 is 10.2 Å². The maximum absolute atomic E-state index is 10.6. The third kappa shape index (κ3) is 3.92. The fourth-order valence-corrected chi connectivity index (χ4v) is 2.70. The predicted octanol–water partition coefficient (Wildman–Crippen LogP) is 2.13. The van der Waals surface area contributed by atoms with Crippen LogP contribution in [0.1, 0.15) is 30.4 Å². The lowest BCUT2D eigenvalue weighted by Gasteiger charge is -2.34. The molecule has 1 saturated heterocycles. The van der Waals surface area contributed by atoms with E-state index in [1.165, 1.54) is 12.5 Å². The summed E-state index contributed by atoms with van der Waals surface area (Å²) >= 11 is 0. The standard InChI is InChI=1S/C16H21NO3/c18-12-15-7-3-4-10-17(15)11-14-6-2-1-5-13(14)8-9-16(19)20/h1-2,5-6,8-9,15,18H,3-4,7,10-12H2,(H,19,20). The zero-order valence-corrected chi connectivity index (χ0v) is 11.5. The smallest absolute Gasteiger partial charge is 0.328 e. The van der Waals surface area contributed by atoms with Gasteiger partial charge in [0.25, 0.3) is 0 Å². The van der Waals surface area contributed by atoms with Crippen LogP contribution < -0.4 is 0 Å². The number of hydrogen-bond acceptors (Lipinski definition) is 3. The van der Waals surface area contributed by atoms with Crippen LogP contribution in [-0.4, -0.2) is 40.3 Å². The van der Waals surface area contributed by atoms with Crippen molar-refractivity contribution in [2.24, 2.45) is 0 Å². The van der Waals surface area contributed by atoms with Gasteiger partial charge in [-0.15, -0.1) is 0 Å². The topological polar surface area (TPSA) is 60.8 Å². The highest BCUT2D eigenvalue weighted by atomic mass is 16.4. The van der Waals surface area contributed by atoms with E-state index in [0.717, 1.165) is 37.1 Å². The van der Waals surface area contributed by atoms with Gasteiger partial charge in [-0.05, 0) is 36.6 Å². The molecule has 1 aromatic rings. The first-order valence-electron chi connectivity index (χ1n) is 7.04. The Morgan fingerprint density at radius 2 is 2.15 bits per heavy atom. The highest BCUT2D eigenvalue weighted by Crippen LogP contribution is 2.21. The van der Waals surface area contributed by atoms with Crippen molar-refractivity contribution < 1.29 is 15.0 Å². The Morgan fingerprint density at radius 3 is 2.90 bits per heavy atom. The van der Waals surface area contributed by atoms with Crippen LogP contribution in [0.25, 0.3) is 6.08 Å². The van der Waals surface area contributed by atoms with E-state index in [9.17, 15) is 9.90 Å². The molecule has 0 amide bonds. The van der Waals surface area contributed by atoms with E-state index in [0.29, 0.717) is 0 Å². The Labute approximate surface area is 119 Å². The van der Waals surface area contributed by atoms with E-state index in [2.05, 4.69) is 4.90 Å². The Balaban J connectivity index is 2.13. The number of piperidine rings is 1. The minimum Gasteiger partial charge on any atom is -0.478 e. The number of aliphatic carboxylic acids is 1. The minimum absolute atomic E-state index is 0.188. The fraction of sp³-hybridized carbons (Fsp3) is 0.438. The van der Waals surface area contributed by atoms with Crippen LogP contribution in [0.3, 0.4) is 0 Å². The summed E-state index contributed by atoms with van der Waals surface area (Å²) in [5.41, 5.74) is 2.03. The Morgan fingerprint density at radius 1 is 1.35 bits per heavy atom. The molecule has 0 aromatic heterocycles. The summed E-state index contributed by atoms with van der Waals surface area (Å²) in [4.78, 5) is 12.9. The van der Waals surface area contributed by atoms with Crippen LogP contribution in [0, 0.1) is 0 Å². The molecule has 0 bridgehead atoms. The highest BCUT2D eigenvalue weighted by molar-refractivity contribution is 5.85. The number of carboxylic acid groups (broad SMARTS) is 1. The van der Waals surface area contributed by atoms with Gasteiger partial charge in [0.1, 0.15) is 0 Å². The number of aliphatic hydroxyl groups is 1. The van der Waals surface area contributed by atoms with Crippen LogP contribution in [0.4, 0.5) is 0 Å². The summed E-state index contributed by atoms with van der Waals surface area (Å²) in [6.45, 7) is 1.93. The van der Waals surface area contributed by atoms with Crippen LogP contribution in [-0.2, 0) is 11.3 Å². The number of rotatable bonds is 5. The van der Waals surface area contributed by atoms with Crippen molar-refractivity contribution in [1.82, 2.24) is 4.90 Å². The van der Waals surface area contributed by atoms with Crippen molar-refractivity contribution in [3.63, 3.8) is 0 Å². The van der Waals surface area contributed by atoms with Gasteiger partial charge in [-0.1, -0.05) is 30.7 Å². The summed E-state index contributed by atoms with van der Waals surface area (Å²) in [7, 11) is 0. The summed E-state index contributed by atoms with van der Waals surface area (Å²) in [6, 6.07) is 8.04. The monoisotopic (exact) mass is 275 g/mol. The summed E-state index contributed by atoms with van der Waals surface area (Å²) < 4.78 is 0. The largest absolute Gasteiger partial charge is 0.478 e. The van der Waals surface area contributed by atoms with Crippen molar-refractivity contribution in [2.45, 2.75) is 31.8 Å². The number of carbonyl (C=O) groups is 1. The van der Waals surface area contributed by atoms with Gasteiger partial charge >= 0.3 is 5.97 Å². The molecule has 2 N–H and O–H groups in total. The predicted molar refractivity (Wildman–Crippen MR) is 78.2 cm³/mol. The molecule has 0 spiro atoms. The van der Waals surface area contributed by atoms with Gasteiger partial charge in [0.05, 0.1) is 6.61 Å². The fourth-order valence-electron chi connectivity index (χ4n) is 2.70. The first-order valence-corrected chi connectivity index (χ1v) is 7.04. The van der Waals surface area contributed by atoms with E-state index >= 15 is 0 Å². The molecule has 0 saturated carbocycles. The number of aliphatic hydroxyl groups excluding tert-OH is 1. The van der Waals surface area contributed by atoms with Crippen molar-refractivity contribution in [3.8, 4) is 0 Å². The summed E-state index contributed by atoms with van der Waals surface area (Å²) in [5, 5.41) is 18.2. The van der Waals surface area contributed by atoms with Crippen molar-refractivity contribution in [2.75, 3.05) is 13.2 Å². The Hall–Kier alpha value is -1.65. The SMILES string of the molecule is O=C(O)C=Cc1ccccc1CN1CCCCC1CO. The first kappa shape index (κ1) is 14.8. The van der Waals surface area contributed by atoms with Crippen molar-refractivity contribution in [3.05, 3.63) is 41.5 Å². The van der Waals surface area contributed by atoms with Crippen LogP contribution >= 0.6 is 0 Å². The van der Waals surface area contributed by atoms with Gasteiger partial charge in [0, 0.05) is 18.7 Å². The normalized spacial score (nSPS) is 20.4. The van der Waals surface area contributed by atoms with Crippen molar-refractivity contribution in [1.29, 1.82) is 0 Å². The second kappa shape index (κ2) is 7.22. The minimum atomic E-state index is -0.939. The number of benzene rings is 1. The number of likely N-dealkylation sites (tertiary alicyclic amines) is 1. The molecule has 2 rings (SSSR count). The molecule has 20 heavy (non-hydrogen) atoms. The summed E-state index contributed by atoms with van der Waals surface area (Å²) in [6.07, 6.45) is 6.16. The second-order valence-corrected chi connectivity index (χ2v) is 5.17. The first-order chi connectivity index (χ1) is 9.70. The third-order valence-corrected chi connectivity index (χ3v) is 3.79. The Kier molecular flexibility index (Phi) is 5.32. The van der Waals surface area contributed by atoms with Gasteiger partial charge in [-0.2, -0.15) is 0 Å². The van der Waals surface area contributed by atoms with Gasteiger partial charge in [0.2, 0.25) is 0 Å². The number of nitrogens with zero attached hydrogens (tertiary/aromatic N) is 1. The third-order valence-electron chi connectivity index (χ3n) is 3.79. The molecule has 0 aliphatic carbocycles. The molecule has 1 aromatic carbocycles. The van der Waals surface area contributed by atoms with Crippen LogP contribution in [0.15, 0.2) is 30.3 Å². The zero-order valence-electron chi connectivity index (χ0n) is 11.5. The lowest BCUT2D eigenvalue weighted by molar-refractivity contribution is -0.131. The average molecular weight is 275 g/mol. The molecule has 1 aliphatic rings. The molecular formula is C16H21NO3. The molecule has 1 aliphatic heterocycles. The molecule has 4 heteroatoms. The maximum Gasteiger partial charge on any atom is 0.328 e. The van der Waals surface area contributed by atoms with E-state index in [1.807, 2.05) is 24.3 Å². The lowest BCUT2D eigenvalue weighted by Crippen LogP contribution is -2.41. The molecule has 1 heterocycles. The highest BCUT2D eigenvalue weighted by Gasteiger charge is 2.21. The molecule has 1 atom stereocenters. The zero-order chi connectivity index (χ0) is 14.4.